The van der Waals surface area contributed by atoms with Crippen LogP contribution in [0.15, 0.2) is 78.1 Å². The topological polar surface area (TPSA) is 73.9 Å². The number of ether oxygens (including phenoxy) is 3. The van der Waals surface area contributed by atoms with Crippen LogP contribution in [0.2, 0.25) is 5.02 Å². The third kappa shape index (κ3) is 4.87. The van der Waals surface area contributed by atoms with Crippen molar-refractivity contribution >= 4 is 23.5 Å². The number of rotatable bonds is 7. The first-order valence-electron chi connectivity index (χ1n) is 10.4. The summed E-state index contributed by atoms with van der Waals surface area (Å²) in [5.74, 6) is -0.981. The zero-order valence-electron chi connectivity index (χ0n) is 17.6. The molecule has 3 atom stereocenters. The Morgan fingerprint density at radius 1 is 1.16 bits per heavy atom. The van der Waals surface area contributed by atoms with Crippen molar-refractivity contribution in [2.75, 3.05) is 13.7 Å². The van der Waals surface area contributed by atoms with E-state index >= 15 is 0 Å². The van der Waals surface area contributed by atoms with E-state index in [0.717, 1.165) is 11.1 Å². The summed E-state index contributed by atoms with van der Waals surface area (Å²) in [6.45, 7) is 0.688. The van der Waals surface area contributed by atoms with Gasteiger partial charge in [-0.25, -0.2) is 4.79 Å². The van der Waals surface area contributed by atoms with Gasteiger partial charge < -0.3 is 19.5 Å². The summed E-state index contributed by atoms with van der Waals surface area (Å²) < 4.78 is 16.9. The van der Waals surface area contributed by atoms with Crippen LogP contribution in [-0.2, 0) is 25.6 Å². The van der Waals surface area contributed by atoms with Crippen LogP contribution >= 0.6 is 11.6 Å². The number of hydrogen-bond acceptors (Lipinski definition) is 5. The standard InChI is InChI=1S/C25H24ClNO5/c1-30-24(29)21-15-32-25(31-14-16-6-3-2-4-7-16)22-18(10-11-20(21)22)13-27-23(28)17-8-5-9-19(26)12-17/h2-10,12,15,20,22,25H,11,13-14H2,1H3,(H,27,28)/t20-,22-,25-/m1/s1. The molecule has 0 radical (unpaired) electrons. The average molecular weight is 454 g/mol. The summed E-state index contributed by atoms with van der Waals surface area (Å²) in [5.41, 5.74) is 2.94. The Kier molecular flexibility index (Phi) is 6.93. The number of esters is 1. The average Bonchev–Trinajstić information content (AvgIpc) is 3.25. The van der Waals surface area contributed by atoms with Crippen LogP contribution in [0.5, 0.6) is 0 Å². The normalized spacial score (nSPS) is 21.6. The molecule has 0 saturated heterocycles. The van der Waals surface area contributed by atoms with Crippen molar-refractivity contribution in [3.8, 4) is 0 Å². The summed E-state index contributed by atoms with van der Waals surface area (Å²) in [4.78, 5) is 24.8. The number of halogens is 1. The minimum atomic E-state index is -0.578. The fraction of sp³-hybridized carbons (Fsp3) is 0.280. The Balaban J connectivity index is 1.48. The number of hydrogen-bond donors (Lipinski definition) is 1. The molecular weight excluding hydrogens is 430 g/mol. The molecule has 7 heteroatoms. The summed E-state index contributed by atoms with van der Waals surface area (Å²) in [6.07, 6.45) is 3.55. The van der Waals surface area contributed by atoms with Crippen LogP contribution in [0.4, 0.5) is 0 Å². The van der Waals surface area contributed by atoms with Crippen molar-refractivity contribution in [3.63, 3.8) is 0 Å². The summed E-state index contributed by atoms with van der Waals surface area (Å²) >= 11 is 6.00. The van der Waals surface area contributed by atoms with E-state index in [1.165, 1.54) is 13.4 Å². The molecule has 2 aromatic carbocycles. The molecule has 0 unspecified atom stereocenters. The molecule has 1 heterocycles. The third-order valence-electron chi connectivity index (χ3n) is 5.74. The number of carbonyl (C=O) groups excluding carboxylic acids is 2. The molecule has 1 aliphatic carbocycles. The van der Waals surface area contributed by atoms with Gasteiger partial charge in [-0.3, -0.25) is 4.79 Å². The van der Waals surface area contributed by atoms with Crippen molar-refractivity contribution in [1.29, 1.82) is 0 Å². The van der Waals surface area contributed by atoms with E-state index < -0.39 is 12.3 Å². The first-order chi connectivity index (χ1) is 15.6. The van der Waals surface area contributed by atoms with Gasteiger partial charge in [0.2, 0.25) is 6.29 Å². The quantitative estimate of drug-likeness (QED) is 0.501. The molecule has 2 aliphatic rings. The lowest BCUT2D eigenvalue weighted by molar-refractivity contribution is -0.160. The molecule has 0 aromatic heterocycles. The first kappa shape index (κ1) is 22.1. The Morgan fingerprint density at radius 2 is 1.97 bits per heavy atom. The second-order valence-electron chi connectivity index (χ2n) is 7.71. The van der Waals surface area contributed by atoms with Crippen molar-refractivity contribution < 1.29 is 23.8 Å². The molecule has 2 aromatic rings. The van der Waals surface area contributed by atoms with Crippen LogP contribution < -0.4 is 5.32 Å². The number of amides is 1. The van der Waals surface area contributed by atoms with Crippen molar-refractivity contribution in [3.05, 3.63) is 94.2 Å². The highest BCUT2D eigenvalue weighted by Crippen LogP contribution is 2.43. The van der Waals surface area contributed by atoms with Crippen molar-refractivity contribution in [1.82, 2.24) is 5.32 Å². The molecule has 6 nitrogen and oxygen atoms in total. The van der Waals surface area contributed by atoms with Gasteiger partial charge in [0.05, 0.1) is 31.5 Å². The molecule has 1 aliphatic heterocycles. The van der Waals surface area contributed by atoms with Gasteiger partial charge in [-0.2, -0.15) is 0 Å². The van der Waals surface area contributed by atoms with Crippen molar-refractivity contribution in [2.45, 2.75) is 19.3 Å². The molecule has 4 rings (SSSR count). The van der Waals surface area contributed by atoms with E-state index in [9.17, 15) is 9.59 Å². The largest absolute Gasteiger partial charge is 0.471 e. The smallest absolute Gasteiger partial charge is 0.337 e. The molecule has 0 saturated carbocycles. The molecule has 0 bridgehead atoms. The number of allylic oxidation sites excluding steroid dienone is 1. The van der Waals surface area contributed by atoms with Crippen LogP contribution in [0.3, 0.4) is 0 Å². The number of benzene rings is 2. The van der Waals surface area contributed by atoms with Gasteiger partial charge in [-0.1, -0.05) is 54.1 Å². The van der Waals surface area contributed by atoms with Crippen LogP contribution in [0, 0.1) is 11.8 Å². The van der Waals surface area contributed by atoms with Crippen molar-refractivity contribution in [2.24, 2.45) is 11.8 Å². The van der Waals surface area contributed by atoms with E-state index in [1.807, 2.05) is 36.4 Å². The fourth-order valence-electron chi connectivity index (χ4n) is 4.13. The maximum absolute atomic E-state index is 12.6. The van der Waals surface area contributed by atoms with E-state index in [2.05, 4.69) is 5.32 Å². The predicted octanol–water partition coefficient (Wildman–Crippen LogP) is 4.26. The Hall–Kier alpha value is -3.09. The first-order valence-corrected chi connectivity index (χ1v) is 10.8. The van der Waals surface area contributed by atoms with Crippen LogP contribution in [0.25, 0.3) is 0 Å². The Morgan fingerprint density at radius 3 is 2.72 bits per heavy atom. The zero-order chi connectivity index (χ0) is 22.5. The molecular formula is C25H24ClNO5. The number of nitrogens with one attached hydrogen (secondary N) is 1. The molecule has 0 fully saturated rings. The predicted molar refractivity (Wildman–Crippen MR) is 120 cm³/mol. The number of methoxy groups -OCH3 is 1. The Bertz CT molecular complexity index is 1050. The van der Waals surface area contributed by atoms with Crippen LogP contribution in [0.1, 0.15) is 22.3 Å². The molecule has 166 valence electrons. The van der Waals surface area contributed by atoms with Gasteiger partial charge in [0, 0.05) is 23.0 Å². The number of carbonyl (C=O) groups is 2. The van der Waals surface area contributed by atoms with Crippen LogP contribution in [-0.4, -0.2) is 31.8 Å². The third-order valence-corrected chi connectivity index (χ3v) is 5.97. The van der Waals surface area contributed by atoms with E-state index in [-0.39, 0.29) is 17.7 Å². The molecule has 32 heavy (non-hydrogen) atoms. The van der Waals surface area contributed by atoms with Gasteiger partial charge in [0.15, 0.2) is 0 Å². The van der Waals surface area contributed by atoms with E-state index in [1.54, 1.807) is 24.3 Å². The highest BCUT2D eigenvalue weighted by atomic mass is 35.5. The fourth-order valence-corrected chi connectivity index (χ4v) is 4.32. The molecule has 1 amide bonds. The molecule has 1 N–H and O–H groups in total. The van der Waals surface area contributed by atoms with Gasteiger partial charge in [0.25, 0.3) is 5.91 Å². The number of fused-ring (bicyclic) bond motifs is 1. The Labute approximate surface area is 191 Å². The zero-order valence-corrected chi connectivity index (χ0v) is 18.4. The lowest BCUT2D eigenvalue weighted by atomic mass is 9.83. The van der Waals surface area contributed by atoms with E-state index in [0.29, 0.717) is 35.7 Å². The SMILES string of the molecule is COC(=O)C1=CO[C@@H](OCc2ccccc2)[C@@H]2C(CNC(=O)c3cccc(Cl)c3)=CC[C@H]12. The monoisotopic (exact) mass is 453 g/mol. The minimum absolute atomic E-state index is 0.130. The van der Waals surface area contributed by atoms with Gasteiger partial charge >= 0.3 is 5.97 Å². The maximum atomic E-state index is 12.6. The highest BCUT2D eigenvalue weighted by Gasteiger charge is 2.44. The summed E-state index contributed by atoms with van der Waals surface area (Å²) in [5, 5.41) is 3.44. The van der Waals surface area contributed by atoms with Gasteiger partial charge in [-0.15, -0.1) is 0 Å². The lowest BCUT2D eigenvalue weighted by Gasteiger charge is -2.35. The van der Waals surface area contributed by atoms with Gasteiger partial charge in [-0.05, 0) is 35.8 Å². The lowest BCUT2D eigenvalue weighted by Crippen LogP contribution is -2.39. The summed E-state index contributed by atoms with van der Waals surface area (Å²) in [6, 6.07) is 16.6. The van der Waals surface area contributed by atoms with Gasteiger partial charge in [0.1, 0.15) is 0 Å². The molecule has 0 spiro atoms. The highest BCUT2D eigenvalue weighted by molar-refractivity contribution is 6.30. The second kappa shape index (κ2) is 10.0. The van der Waals surface area contributed by atoms with E-state index in [4.69, 9.17) is 25.8 Å². The summed E-state index contributed by atoms with van der Waals surface area (Å²) in [7, 11) is 1.35. The minimum Gasteiger partial charge on any atom is -0.471 e. The maximum Gasteiger partial charge on any atom is 0.337 e. The second-order valence-corrected chi connectivity index (χ2v) is 8.14.